The van der Waals surface area contributed by atoms with Crippen molar-refractivity contribution in [3.63, 3.8) is 0 Å². The minimum absolute atomic E-state index is 0. The Kier molecular flexibility index (Phi) is 11.1. The Labute approximate surface area is 185 Å². The van der Waals surface area contributed by atoms with E-state index < -0.39 is 0 Å². The summed E-state index contributed by atoms with van der Waals surface area (Å²) >= 11 is 0. The van der Waals surface area contributed by atoms with Crippen LogP contribution >= 0.6 is 24.0 Å². The van der Waals surface area contributed by atoms with Crippen molar-refractivity contribution in [1.82, 2.24) is 15.5 Å². The van der Waals surface area contributed by atoms with E-state index >= 15 is 0 Å². The number of benzene rings is 1. The topological polar surface area (TPSA) is 58.1 Å². The van der Waals surface area contributed by atoms with E-state index in [1.165, 1.54) is 12.1 Å². The van der Waals surface area contributed by atoms with Gasteiger partial charge in [-0.25, -0.2) is 4.39 Å². The Bertz CT molecular complexity index is 610. The highest BCUT2D eigenvalue weighted by molar-refractivity contribution is 14.0. The highest BCUT2D eigenvalue weighted by atomic mass is 127. The Morgan fingerprint density at radius 1 is 1.32 bits per heavy atom. The van der Waals surface area contributed by atoms with E-state index in [4.69, 9.17) is 9.47 Å². The minimum Gasteiger partial charge on any atom is -0.489 e. The van der Waals surface area contributed by atoms with Crippen molar-refractivity contribution in [1.29, 1.82) is 0 Å². The lowest BCUT2D eigenvalue weighted by atomic mass is 10.0. The van der Waals surface area contributed by atoms with E-state index in [1.54, 1.807) is 19.2 Å². The summed E-state index contributed by atoms with van der Waals surface area (Å²) in [4.78, 5) is 6.73. The van der Waals surface area contributed by atoms with Gasteiger partial charge in [0.25, 0.3) is 0 Å². The molecule has 1 atom stereocenters. The number of hydrogen-bond acceptors (Lipinski definition) is 4. The number of rotatable bonds is 8. The van der Waals surface area contributed by atoms with Gasteiger partial charge in [0.05, 0.1) is 19.8 Å². The van der Waals surface area contributed by atoms with Gasteiger partial charge in [0.1, 0.15) is 17.7 Å². The summed E-state index contributed by atoms with van der Waals surface area (Å²) in [6.07, 6.45) is 0.734. The average molecular weight is 508 g/mol. The molecule has 0 aromatic heterocycles. The monoisotopic (exact) mass is 508 g/mol. The van der Waals surface area contributed by atoms with E-state index in [9.17, 15) is 4.39 Å². The summed E-state index contributed by atoms with van der Waals surface area (Å²) < 4.78 is 24.6. The van der Waals surface area contributed by atoms with Crippen LogP contribution < -0.4 is 15.4 Å². The number of ether oxygens (including phenoxy) is 2. The molecule has 6 nitrogen and oxygen atoms in total. The zero-order chi connectivity index (χ0) is 19.7. The molecule has 8 heteroatoms. The molecule has 0 bridgehead atoms. The molecule has 28 heavy (non-hydrogen) atoms. The molecule has 1 aliphatic rings. The predicted octanol–water partition coefficient (Wildman–Crippen LogP) is 2.88. The molecule has 0 radical (unpaired) electrons. The number of nitrogens with zero attached hydrogens (tertiary/aromatic N) is 2. The maximum absolute atomic E-state index is 13.3. The van der Waals surface area contributed by atoms with Gasteiger partial charge >= 0.3 is 0 Å². The number of guanidine groups is 1. The van der Waals surface area contributed by atoms with E-state index in [2.05, 4.69) is 34.4 Å². The zero-order valence-electron chi connectivity index (χ0n) is 17.3. The van der Waals surface area contributed by atoms with Crippen LogP contribution in [0.15, 0.2) is 29.3 Å². The average Bonchev–Trinajstić information content (AvgIpc) is 2.67. The van der Waals surface area contributed by atoms with E-state index in [0.717, 1.165) is 45.2 Å². The zero-order valence-corrected chi connectivity index (χ0v) is 19.7. The van der Waals surface area contributed by atoms with E-state index in [0.29, 0.717) is 12.3 Å². The molecule has 160 valence electrons. The summed E-state index contributed by atoms with van der Waals surface area (Å²) in [5, 5.41) is 6.71. The standard InChI is InChI=1S/C20H33FN4O2.HI/c1-5-17(27-18-8-6-7-16(21)13-18)14-23-19(22-4)24-15-20(2,3)25-9-11-26-12-10-25;/h6-8,13,17H,5,9-12,14-15H2,1-4H3,(H2,22,23,24);1H. The fourth-order valence-electron chi connectivity index (χ4n) is 3.01. The summed E-state index contributed by atoms with van der Waals surface area (Å²) in [5.41, 5.74) is 0.00359. The second-order valence-corrected chi connectivity index (χ2v) is 7.32. The fourth-order valence-corrected chi connectivity index (χ4v) is 3.01. The van der Waals surface area contributed by atoms with E-state index in [-0.39, 0.29) is 41.4 Å². The molecule has 0 amide bonds. The van der Waals surface area contributed by atoms with Crippen LogP contribution in [0.4, 0.5) is 4.39 Å². The van der Waals surface area contributed by atoms with Crippen molar-refractivity contribution in [2.45, 2.75) is 38.8 Å². The second kappa shape index (κ2) is 12.4. The van der Waals surface area contributed by atoms with Gasteiger partial charge in [0, 0.05) is 38.3 Å². The first-order valence-electron chi connectivity index (χ1n) is 9.64. The van der Waals surface area contributed by atoms with Gasteiger partial charge in [0.2, 0.25) is 0 Å². The quantitative estimate of drug-likeness (QED) is 0.322. The maximum atomic E-state index is 13.3. The first-order valence-corrected chi connectivity index (χ1v) is 9.64. The summed E-state index contributed by atoms with van der Waals surface area (Å²) in [5.74, 6) is 0.982. The van der Waals surface area contributed by atoms with Crippen molar-refractivity contribution in [3.8, 4) is 5.75 Å². The first kappa shape index (κ1) is 24.9. The third-order valence-corrected chi connectivity index (χ3v) is 4.83. The largest absolute Gasteiger partial charge is 0.489 e. The Balaban J connectivity index is 0.00000392. The van der Waals surface area contributed by atoms with Crippen LogP contribution in [0.3, 0.4) is 0 Å². The van der Waals surface area contributed by atoms with Crippen LogP contribution in [0.1, 0.15) is 27.2 Å². The molecule has 0 spiro atoms. The van der Waals surface area contributed by atoms with Gasteiger partial charge in [-0.05, 0) is 32.4 Å². The first-order chi connectivity index (χ1) is 12.9. The fraction of sp³-hybridized carbons (Fsp3) is 0.650. The Hall–Kier alpha value is -1.13. The summed E-state index contributed by atoms with van der Waals surface area (Å²) in [6, 6.07) is 6.23. The highest BCUT2D eigenvalue weighted by Gasteiger charge is 2.28. The van der Waals surface area contributed by atoms with Crippen LogP contribution in [0.5, 0.6) is 5.75 Å². The van der Waals surface area contributed by atoms with Crippen LogP contribution in [-0.2, 0) is 4.74 Å². The third-order valence-electron chi connectivity index (χ3n) is 4.83. The van der Waals surface area contributed by atoms with Gasteiger partial charge in [-0.1, -0.05) is 13.0 Å². The molecule has 1 heterocycles. The van der Waals surface area contributed by atoms with Crippen molar-refractivity contribution in [3.05, 3.63) is 30.1 Å². The Morgan fingerprint density at radius 3 is 2.64 bits per heavy atom. The second-order valence-electron chi connectivity index (χ2n) is 7.32. The minimum atomic E-state index is -0.293. The molecule has 1 unspecified atom stereocenters. The molecule has 1 aromatic carbocycles. The lowest BCUT2D eigenvalue weighted by Crippen LogP contribution is -2.56. The molecular formula is C20H34FIN4O2. The van der Waals surface area contributed by atoms with Crippen molar-refractivity contribution >= 4 is 29.9 Å². The highest BCUT2D eigenvalue weighted by Crippen LogP contribution is 2.16. The lowest BCUT2D eigenvalue weighted by molar-refractivity contribution is -0.00834. The number of hydrogen-bond donors (Lipinski definition) is 2. The predicted molar refractivity (Wildman–Crippen MR) is 122 cm³/mol. The lowest BCUT2D eigenvalue weighted by Gasteiger charge is -2.41. The molecule has 2 N–H and O–H groups in total. The van der Waals surface area contributed by atoms with Gasteiger partial charge in [-0.2, -0.15) is 0 Å². The van der Waals surface area contributed by atoms with Crippen LogP contribution in [0.2, 0.25) is 0 Å². The van der Waals surface area contributed by atoms with Gasteiger partial charge in [0.15, 0.2) is 5.96 Å². The molecule has 0 aliphatic carbocycles. The SMILES string of the molecule is CCC(CNC(=NC)NCC(C)(C)N1CCOCC1)Oc1cccc(F)c1.I. The van der Waals surface area contributed by atoms with Crippen LogP contribution in [0, 0.1) is 5.82 Å². The third kappa shape index (κ3) is 8.08. The molecule has 1 aromatic rings. The molecule has 1 saturated heterocycles. The van der Waals surface area contributed by atoms with Crippen molar-refractivity contribution < 1.29 is 13.9 Å². The molecule has 0 saturated carbocycles. The number of aliphatic imine (C=N–C) groups is 1. The van der Waals surface area contributed by atoms with Crippen LogP contribution in [0.25, 0.3) is 0 Å². The molecular weight excluding hydrogens is 474 g/mol. The Morgan fingerprint density at radius 2 is 2.04 bits per heavy atom. The molecule has 2 rings (SSSR count). The summed E-state index contributed by atoms with van der Waals surface area (Å²) in [7, 11) is 1.76. The molecule has 1 fully saturated rings. The maximum Gasteiger partial charge on any atom is 0.191 e. The summed E-state index contributed by atoms with van der Waals surface area (Å²) in [6.45, 7) is 11.3. The van der Waals surface area contributed by atoms with Crippen molar-refractivity contribution in [2.75, 3.05) is 46.4 Å². The number of halogens is 2. The van der Waals surface area contributed by atoms with Gasteiger partial charge in [-0.3, -0.25) is 9.89 Å². The molecule has 1 aliphatic heterocycles. The van der Waals surface area contributed by atoms with Crippen molar-refractivity contribution in [2.24, 2.45) is 4.99 Å². The van der Waals surface area contributed by atoms with Gasteiger partial charge in [-0.15, -0.1) is 24.0 Å². The normalized spacial score (nSPS) is 16.8. The van der Waals surface area contributed by atoms with E-state index in [1.807, 2.05) is 6.92 Å². The van der Waals surface area contributed by atoms with Gasteiger partial charge < -0.3 is 20.1 Å². The number of morpholine rings is 1. The van der Waals surface area contributed by atoms with Crippen LogP contribution in [-0.4, -0.2) is 68.9 Å². The smallest absolute Gasteiger partial charge is 0.191 e. The number of nitrogens with one attached hydrogen (secondary N) is 2.